The first-order valence-electron chi connectivity index (χ1n) is 9.82. The van der Waals surface area contributed by atoms with E-state index in [0.717, 1.165) is 17.1 Å². The highest BCUT2D eigenvalue weighted by Gasteiger charge is 2.25. The van der Waals surface area contributed by atoms with Crippen LogP contribution in [0.2, 0.25) is 5.02 Å². The van der Waals surface area contributed by atoms with Crippen LogP contribution < -0.4 is 9.64 Å². The number of amides is 1. The summed E-state index contributed by atoms with van der Waals surface area (Å²) in [5.74, 6) is 1.32. The van der Waals surface area contributed by atoms with Crippen LogP contribution in [0.1, 0.15) is 15.9 Å². The van der Waals surface area contributed by atoms with Crippen LogP contribution in [0, 0.1) is 6.92 Å². The summed E-state index contributed by atoms with van der Waals surface area (Å²) in [7, 11) is 1.54. The zero-order chi connectivity index (χ0) is 21.1. The standard InChI is InChI=1S/C23H23ClN4O2/c1-16-3-5-17(6-4-16)20-14-22(26-15-25-20)27-9-11-28(12-10-27)23(29)19-8-7-18(24)13-21(19)30-2/h3-8,13-15H,9-12H2,1-2H3. The summed E-state index contributed by atoms with van der Waals surface area (Å²) in [4.78, 5) is 25.8. The molecule has 2 aromatic carbocycles. The molecule has 6 nitrogen and oxygen atoms in total. The van der Waals surface area contributed by atoms with E-state index in [1.165, 1.54) is 5.56 Å². The molecule has 0 atom stereocenters. The fourth-order valence-electron chi connectivity index (χ4n) is 3.55. The molecular formula is C23H23ClN4O2. The highest BCUT2D eigenvalue weighted by atomic mass is 35.5. The second kappa shape index (κ2) is 8.71. The van der Waals surface area contributed by atoms with E-state index < -0.39 is 0 Å². The molecule has 1 aliphatic rings. The van der Waals surface area contributed by atoms with Crippen LogP contribution in [0.3, 0.4) is 0 Å². The topological polar surface area (TPSA) is 58.6 Å². The number of aromatic nitrogens is 2. The minimum atomic E-state index is -0.0498. The molecule has 0 saturated carbocycles. The second-order valence-corrected chi connectivity index (χ2v) is 7.69. The number of benzene rings is 2. The van der Waals surface area contributed by atoms with Gasteiger partial charge in [-0.3, -0.25) is 4.79 Å². The van der Waals surface area contributed by atoms with E-state index in [1.807, 2.05) is 11.0 Å². The summed E-state index contributed by atoms with van der Waals surface area (Å²) in [5, 5.41) is 0.543. The average molecular weight is 423 g/mol. The van der Waals surface area contributed by atoms with Crippen molar-refractivity contribution in [3.63, 3.8) is 0 Å². The van der Waals surface area contributed by atoms with Crippen molar-refractivity contribution in [2.24, 2.45) is 0 Å². The summed E-state index contributed by atoms with van der Waals surface area (Å²) in [6, 6.07) is 15.4. The molecule has 0 unspecified atom stereocenters. The fourth-order valence-corrected chi connectivity index (χ4v) is 3.71. The van der Waals surface area contributed by atoms with Crippen molar-refractivity contribution in [3.8, 4) is 17.0 Å². The summed E-state index contributed by atoms with van der Waals surface area (Å²) >= 11 is 6.01. The quantitative estimate of drug-likeness (QED) is 0.634. The molecule has 0 N–H and O–H groups in total. The molecule has 0 bridgehead atoms. The lowest BCUT2D eigenvalue weighted by atomic mass is 10.1. The van der Waals surface area contributed by atoms with Crippen molar-refractivity contribution < 1.29 is 9.53 Å². The molecule has 1 amide bonds. The van der Waals surface area contributed by atoms with Crippen molar-refractivity contribution in [1.29, 1.82) is 0 Å². The van der Waals surface area contributed by atoms with E-state index in [2.05, 4.69) is 46.1 Å². The van der Waals surface area contributed by atoms with Crippen LogP contribution in [0.15, 0.2) is 54.9 Å². The number of ether oxygens (including phenoxy) is 1. The summed E-state index contributed by atoms with van der Waals surface area (Å²) in [6.45, 7) is 4.68. The molecule has 1 saturated heterocycles. The first kappa shape index (κ1) is 20.2. The minimum absolute atomic E-state index is 0.0498. The Labute approximate surface area is 181 Å². The van der Waals surface area contributed by atoms with Gasteiger partial charge in [0.2, 0.25) is 0 Å². The van der Waals surface area contributed by atoms with Crippen LogP contribution in [0.5, 0.6) is 5.75 Å². The van der Waals surface area contributed by atoms with Gasteiger partial charge in [0, 0.05) is 42.8 Å². The summed E-state index contributed by atoms with van der Waals surface area (Å²) < 4.78 is 5.33. The number of hydrogen-bond donors (Lipinski definition) is 0. The second-order valence-electron chi connectivity index (χ2n) is 7.25. The molecule has 0 aliphatic carbocycles. The Morgan fingerprint density at radius 2 is 1.73 bits per heavy atom. The van der Waals surface area contributed by atoms with Gasteiger partial charge in [-0.25, -0.2) is 9.97 Å². The lowest BCUT2D eigenvalue weighted by Gasteiger charge is -2.35. The Balaban J connectivity index is 1.45. The third kappa shape index (κ3) is 4.24. The number of rotatable bonds is 4. The SMILES string of the molecule is COc1cc(Cl)ccc1C(=O)N1CCN(c2cc(-c3ccc(C)cc3)ncn2)CC1. The molecule has 154 valence electrons. The number of nitrogens with zero attached hydrogens (tertiary/aromatic N) is 4. The number of hydrogen-bond acceptors (Lipinski definition) is 5. The first-order chi connectivity index (χ1) is 14.5. The summed E-state index contributed by atoms with van der Waals surface area (Å²) in [5.41, 5.74) is 3.70. The zero-order valence-electron chi connectivity index (χ0n) is 17.0. The highest BCUT2D eigenvalue weighted by Crippen LogP contribution is 2.26. The maximum atomic E-state index is 13.0. The van der Waals surface area contributed by atoms with Gasteiger partial charge >= 0.3 is 0 Å². The van der Waals surface area contributed by atoms with Crippen LogP contribution in [0.4, 0.5) is 5.82 Å². The largest absolute Gasteiger partial charge is 0.496 e. The monoisotopic (exact) mass is 422 g/mol. The van der Waals surface area contributed by atoms with Crippen molar-refractivity contribution >= 4 is 23.3 Å². The molecule has 0 radical (unpaired) electrons. The molecule has 4 rings (SSSR count). The predicted molar refractivity (Wildman–Crippen MR) is 118 cm³/mol. The van der Waals surface area contributed by atoms with Gasteiger partial charge < -0.3 is 14.5 Å². The van der Waals surface area contributed by atoms with Gasteiger partial charge in [0.25, 0.3) is 5.91 Å². The molecule has 30 heavy (non-hydrogen) atoms. The number of anilines is 1. The molecule has 1 aliphatic heterocycles. The molecule has 1 fully saturated rings. The van der Waals surface area contributed by atoms with E-state index in [9.17, 15) is 4.79 Å². The predicted octanol–water partition coefficient (Wildman–Crippen LogP) is 4.08. The number of methoxy groups -OCH3 is 1. The Morgan fingerprint density at radius 3 is 2.43 bits per heavy atom. The Kier molecular flexibility index (Phi) is 5.86. The fraction of sp³-hybridized carbons (Fsp3) is 0.261. The highest BCUT2D eigenvalue weighted by molar-refractivity contribution is 6.30. The van der Waals surface area contributed by atoms with Crippen molar-refractivity contribution in [2.45, 2.75) is 6.92 Å². The lowest BCUT2D eigenvalue weighted by Crippen LogP contribution is -2.49. The van der Waals surface area contributed by atoms with Gasteiger partial charge in [-0.15, -0.1) is 0 Å². The van der Waals surface area contributed by atoms with Gasteiger partial charge in [-0.05, 0) is 25.1 Å². The number of halogens is 1. The molecule has 1 aromatic heterocycles. The van der Waals surface area contributed by atoms with Crippen molar-refractivity contribution in [1.82, 2.24) is 14.9 Å². The maximum Gasteiger partial charge on any atom is 0.257 e. The third-order valence-corrected chi connectivity index (χ3v) is 5.52. The van der Waals surface area contributed by atoms with Crippen LogP contribution in [-0.4, -0.2) is 54.1 Å². The lowest BCUT2D eigenvalue weighted by molar-refractivity contribution is 0.0743. The van der Waals surface area contributed by atoms with Gasteiger partial charge in [0.1, 0.15) is 17.9 Å². The first-order valence-corrected chi connectivity index (χ1v) is 10.2. The number of carbonyl (C=O) groups excluding carboxylic acids is 1. The molecule has 7 heteroatoms. The smallest absolute Gasteiger partial charge is 0.257 e. The minimum Gasteiger partial charge on any atom is -0.496 e. The van der Waals surface area contributed by atoms with E-state index >= 15 is 0 Å². The molecular weight excluding hydrogens is 400 g/mol. The van der Waals surface area contributed by atoms with E-state index in [4.69, 9.17) is 16.3 Å². The average Bonchev–Trinajstić information content (AvgIpc) is 2.79. The van der Waals surface area contributed by atoms with Crippen molar-refractivity contribution in [2.75, 3.05) is 38.2 Å². The van der Waals surface area contributed by atoms with E-state index in [1.54, 1.807) is 31.6 Å². The third-order valence-electron chi connectivity index (χ3n) is 5.28. The number of carbonyl (C=O) groups is 1. The number of piperazine rings is 1. The normalized spacial score (nSPS) is 14.0. The molecule has 0 spiro atoms. The molecule has 2 heterocycles. The van der Waals surface area contributed by atoms with Crippen LogP contribution >= 0.6 is 11.6 Å². The van der Waals surface area contributed by atoms with E-state index in [-0.39, 0.29) is 5.91 Å². The Morgan fingerprint density at radius 1 is 1.00 bits per heavy atom. The van der Waals surface area contributed by atoms with Gasteiger partial charge in [0.15, 0.2) is 0 Å². The Hall–Kier alpha value is -3.12. The Bertz CT molecular complexity index is 1050. The summed E-state index contributed by atoms with van der Waals surface area (Å²) in [6.07, 6.45) is 1.60. The van der Waals surface area contributed by atoms with Gasteiger partial charge in [-0.2, -0.15) is 0 Å². The van der Waals surface area contributed by atoms with Gasteiger partial charge in [0.05, 0.1) is 18.4 Å². The van der Waals surface area contributed by atoms with Crippen molar-refractivity contribution in [3.05, 3.63) is 71.0 Å². The molecule has 3 aromatic rings. The van der Waals surface area contributed by atoms with Crippen LogP contribution in [-0.2, 0) is 0 Å². The zero-order valence-corrected chi connectivity index (χ0v) is 17.8. The maximum absolute atomic E-state index is 13.0. The number of aryl methyl sites for hydroxylation is 1. The van der Waals surface area contributed by atoms with Crippen LogP contribution in [0.25, 0.3) is 11.3 Å². The van der Waals surface area contributed by atoms with E-state index in [0.29, 0.717) is 42.5 Å². The van der Waals surface area contributed by atoms with Gasteiger partial charge in [-0.1, -0.05) is 41.4 Å².